The van der Waals surface area contributed by atoms with Crippen LogP contribution in [0.5, 0.6) is 0 Å². The molecule has 101 heavy (non-hydrogen) atoms. The standard InChI is InChI=1S/C87H62BN13/c1-51-47-53(3)75(54(4)48-51)88(76-55(5)49-52(2)50-56(76)6)83-95-86(98-69-41-25-21-37-65(69)73-71(98)45-43-63-61-35-19-23-39-67(61)100(77(63)73)84-91-79(57-27-11-7-12-28-57)89-80(92-84)58-29-13-8-14-30-58)97-87(96-83)99-70-42-26-22-38-66(70)74-72(99)46-44-64-62-36-20-24-40-68(62)101(78(64)74)85-93-81(59-31-15-9-16-32-59)90-82(94-85)60-33-17-10-18-34-60/h7-50H,1-6H3. The molecule has 0 saturated carbocycles. The minimum Gasteiger partial charge on any atom is -0.278 e. The lowest BCUT2D eigenvalue weighted by molar-refractivity contribution is 0.904. The van der Waals surface area contributed by atoms with Gasteiger partial charge in [0, 0.05) is 65.3 Å². The summed E-state index contributed by atoms with van der Waals surface area (Å²) in [6.45, 7) is 12.8. The molecule has 0 aliphatic heterocycles. The highest BCUT2D eigenvalue weighted by Gasteiger charge is 2.35. The smallest absolute Gasteiger partial charge is 0.278 e. The second-order valence-electron chi connectivity index (χ2n) is 26.5. The Hall–Kier alpha value is -13.1. The van der Waals surface area contributed by atoms with Crippen LogP contribution in [-0.2, 0) is 0 Å². The van der Waals surface area contributed by atoms with Gasteiger partial charge in [-0.15, -0.1) is 0 Å². The molecule has 0 aliphatic carbocycles. The quantitative estimate of drug-likeness (QED) is 0.116. The van der Waals surface area contributed by atoms with Crippen molar-refractivity contribution in [3.05, 3.63) is 300 Å². The molecule has 0 amide bonds. The van der Waals surface area contributed by atoms with E-state index < -0.39 is 6.71 Å². The summed E-state index contributed by atoms with van der Waals surface area (Å²) in [6, 6.07) is 93.1. The number of hydrogen-bond acceptors (Lipinski definition) is 9. The molecule has 0 radical (unpaired) electrons. The molecule has 0 fully saturated rings. The first-order chi connectivity index (χ1) is 49.6. The van der Waals surface area contributed by atoms with Crippen molar-refractivity contribution in [2.24, 2.45) is 0 Å². The van der Waals surface area contributed by atoms with Gasteiger partial charge in [0.25, 0.3) is 6.71 Å². The summed E-state index contributed by atoms with van der Waals surface area (Å²) in [5, 5.41) is 8.21. The number of para-hydroxylation sites is 4. The zero-order valence-corrected chi connectivity index (χ0v) is 56.3. The number of aromatic nitrogens is 13. The minimum absolute atomic E-state index is 0.440. The van der Waals surface area contributed by atoms with Gasteiger partial charge in [-0.05, 0) is 77.9 Å². The van der Waals surface area contributed by atoms with Crippen molar-refractivity contribution in [2.45, 2.75) is 41.5 Å². The molecule has 0 aliphatic rings. The zero-order valence-electron chi connectivity index (χ0n) is 56.3. The Morgan fingerprint density at radius 2 is 0.525 bits per heavy atom. The van der Waals surface area contributed by atoms with Gasteiger partial charge < -0.3 is 0 Å². The number of hydrogen-bond donors (Lipinski definition) is 0. The second kappa shape index (κ2) is 23.3. The first-order valence-electron chi connectivity index (χ1n) is 34.2. The number of fused-ring (bicyclic) bond motifs is 14. The molecule has 14 heteroatoms. The van der Waals surface area contributed by atoms with Crippen LogP contribution in [-0.4, -0.2) is 69.8 Å². The molecular weight excluding hydrogens is 1240 g/mol. The lowest BCUT2D eigenvalue weighted by Gasteiger charge is -2.24. The molecule has 0 bridgehead atoms. The van der Waals surface area contributed by atoms with Crippen molar-refractivity contribution in [2.75, 3.05) is 0 Å². The van der Waals surface area contributed by atoms with E-state index >= 15 is 0 Å². The lowest BCUT2D eigenvalue weighted by atomic mass is 9.37. The van der Waals surface area contributed by atoms with Gasteiger partial charge >= 0.3 is 0 Å². The van der Waals surface area contributed by atoms with Crippen LogP contribution < -0.4 is 16.6 Å². The predicted octanol–water partition coefficient (Wildman–Crippen LogP) is 17.7. The maximum Gasteiger partial charge on any atom is 0.291 e. The van der Waals surface area contributed by atoms with Crippen molar-refractivity contribution in [3.8, 4) is 69.3 Å². The summed E-state index contributed by atoms with van der Waals surface area (Å²) >= 11 is 0. The summed E-state index contributed by atoms with van der Waals surface area (Å²) in [5.74, 6) is 4.19. The van der Waals surface area contributed by atoms with Crippen LogP contribution in [0.4, 0.5) is 0 Å². The molecule has 7 heterocycles. The molecule has 12 aromatic carbocycles. The van der Waals surface area contributed by atoms with E-state index in [1.165, 1.54) is 11.1 Å². The zero-order chi connectivity index (χ0) is 67.7. The van der Waals surface area contributed by atoms with Gasteiger partial charge in [0.1, 0.15) is 5.72 Å². The first kappa shape index (κ1) is 59.2. The molecule has 7 aromatic heterocycles. The molecule has 478 valence electrons. The minimum atomic E-state index is -0.440. The Morgan fingerprint density at radius 3 is 0.861 bits per heavy atom. The molecule has 13 nitrogen and oxygen atoms in total. The molecule has 19 aromatic rings. The third kappa shape index (κ3) is 9.50. The Morgan fingerprint density at radius 1 is 0.238 bits per heavy atom. The second-order valence-corrected chi connectivity index (χ2v) is 26.5. The van der Waals surface area contributed by atoms with Crippen LogP contribution in [0, 0.1) is 41.5 Å². The van der Waals surface area contributed by atoms with E-state index in [4.69, 9.17) is 44.9 Å². The largest absolute Gasteiger partial charge is 0.291 e. The average Bonchev–Trinajstić information content (AvgIpc) is 1.55. The fraction of sp³-hybridized carbons (Fsp3) is 0.0690. The van der Waals surface area contributed by atoms with Crippen molar-refractivity contribution in [3.63, 3.8) is 0 Å². The molecule has 0 atom stereocenters. The average molecular weight is 1300 g/mol. The van der Waals surface area contributed by atoms with E-state index in [0.29, 0.717) is 52.8 Å². The van der Waals surface area contributed by atoms with Gasteiger partial charge in [0.2, 0.25) is 23.8 Å². The van der Waals surface area contributed by atoms with Crippen LogP contribution in [0.2, 0.25) is 0 Å². The van der Waals surface area contributed by atoms with Gasteiger partial charge in [0.05, 0.1) is 44.1 Å². The van der Waals surface area contributed by atoms with Gasteiger partial charge in [-0.25, -0.2) is 19.9 Å². The van der Waals surface area contributed by atoms with Crippen LogP contribution in [0.1, 0.15) is 33.4 Å². The van der Waals surface area contributed by atoms with Crippen molar-refractivity contribution < 1.29 is 0 Å². The number of nitrogens with zero attached hydrogens (tertiary/aromatic N) is 13. The lowest BCUT2D eigenvalue weighted by Crippen LogP contribution is -2.58. The van der Waals surface area contributed by atoms with Crippen LogP contribution >= 0.6 is 0 Å². The van der Waals surface area contributed by atoms with E-state index in [1.807, 2.05) is 72.8 Å². The summed E-state index contributed by atoms with van der Waals surface area (Å²) in [5.41, 5.74) is 20.9. The monoisotopic (exact) mass is 1300 g/mol. The number of benzene rings is 12. The van der Waals surface area contributed by atoms with Crippen LogP contribution in [0.3, 0.4) is 0 Å². The molecule has 0 saturated heterocycles. The van der Waals surface area contributed by atoms with E-state index in [9.17, 15) is 0 Å². The maximum absolute atomic E-state index is 5.96. The molecule has 19 rings (SSSR count). The summed E-state index contributed by atoms with van der Waals surface area (Å²) in [6.07, 6.45) is 0. The first-order valence-corrected chi connectivity index (χ1v) is 34.2. The predicted molar refractivity (Wildman–Crippen MR) is 412 cm³/mol. The van der Waals surface area contributed by atoms with Gasteiger partial charge in [0.15, 0.2) is 23.3 Å². The van der Waals surface area contributed by atoms with E-state index in [-0.39, 0.29) is 0 Å². The molecule has 0 N–H and O–H groups in total. The Balaban J connectivity index is 0.934. The number of rotatable bonds is 11. The Kier molecular flexibility index (Phi) is 13.7. The van der Waals surface area contributed by atoms with Gasteiger partial charge in [-0.1, -0.05) is 275 Å². The van der Waals surface area contributed by atoms with E-state index in [1.54, 1.807) is 0 Å². The van der Waals surface area contributed by atoms with Crippen LogP contribution in [0.25, 0.3) is 157 Å². The molecule has 0 spiro atoms. The Bertz CT molecular complexity index is 6040. The van der Waals surface area contributed by atoms with Crippen LogP contribution in [0.15, 0.2) is 267 Å². The normalized spacial score (nSPS) is 11.9. The van der Waals surface area contributed by atoms with Gasteiger partial charge in [-0.3, -0.25) is 18.3 Å². The number of aryl methyl sites for hydroxylation is 6. The molecular formula is C87H62BN13. The van der Waals surface area contributed by atoms with E-state index in [0.717, 1.165) is 143 Å². The fourth-order valence-corrected chi connectivity index (χ4v) is 16.1. The van der Waals surface area contributed by atoms with E-state index in [2.05, 4.69) is 254 Å². The maximum atomic E-state index is 5.96. The van der Waals surface area contributed by atoms with Crippen molar-refractivity contribution in [1.82, 2.24) is 63.1 Å². The van der Waals surface area contributed by atoms with Crippen molar-refractivity contribution >= 4 is 111 Å². The Labute approximate surface area is 581 Å². The highest BCUT2D eigenvalue weighted by Crippen LogP contribution is 2.44. The third-order valence-corrected chi connectivity index (χ3v) is 20.1. The summed E-state index contributed by atoms with van der Waals surface area (Å²) in [4.78, 5) is 49.8. The molecule has 0 unspecified atom stereocenters. The highest BCUT2D eigenvalue weighted by molar-refractivity contribution is 6.95. The van der Waals surface area contributed by atoms with Gasteiger partial charge in [-0.2, -0.15) is 24.9 Å². The topological polar surface area (TPSA) is 136 Å². The fourth-order valence-electron chi connectivity index (χ4n) is 16.1. The SMILES string of the molecule is Cc1cc(C)c(B(c2nc(-n3c4ccccc4c4c3ccc3c5ccccc5n(-c5nc(-c6ccccc6)nc(-c6ccccc6)n5)c34)nc(-n3c4ccccc4c4c3ccc3c5ccccc5n(-c5nc(-c6ccccc6)nc(-c6ccccc6)n5)c34)n2)c2c(C)cc(C)cc2C)c(C)c1. The van der Waals surface area contributed by atoms with Crippen molar-refractivity contribution in [1.29, 1.82) is 0 Å². The third-order valence-electron chi connectivity index (χ3n) is 20.1. The summed E-state index contributed by atoms with van der Waals surface area (Å²) < 4.78 is 8.96. The summed E-state index contributed by atoms with van der Waals surface area (Å²) in [7, 11) is 0. The highest BCUT2D eigenvalue weighted by atomic mass is 15.3.